The first-order valence-electron chi connectivity index (χ1n) is 5.85. The molecule has 2 aromatic rings. The number of nitrogens with one attached hydrogen (secondary N) is 1. The molecular formula is C14H14FNO2S. The Morgan fingerprint density at radius 2 is 2.26 bits per heavy atom. The van der Waals surface area contributed by atoms with Crippen LogP contribution in [0.5, 0.6) is 5.75 Å². The molecule has 0 atom stereocenters. The summed E-state index contributed by atoms with van der Waals surface area (Å²) in [5.41, 5.74) is 0.824. The Morgan fingerprint density at radius 1 is 1.42 bits per heavy atom. The highest BCUT2D eigenvalue weighted by Gasteiger charge is 2.06. The zero-order valence-electron chi connectivity index (χ0n) is 10.5. The molecule has 100 valence electrons. The average molecular weight is 279 g/mol. The quantitative estimate of drug-likeness (QED) is 0.914. The van der Waals surface area contributed by atoms with Crippen molar-refractivity contribution in [3.8, 4) is 5.75 Å². The van der Waals surface area contributed by atoms with Crippen LogP contribution >= 0.6 is 11.3 Å². The third-order valence-electron chi connectivity index (χ3n) is 2.66. The second kappa shape index (κ2) is 6.33. The van der Waals surface area contributed by atoms with Gasteiger partial charge in [0.1, 0.15) is 0 Å². The molecule has 0 saturated heterocycles. The standard InChI is InChI=1S/C14H14FNO2S/c1-18-12-5-4-10(9-11(12)15)6-7-16-14(17)13-3-2-8-19-13/h2-5,8-9H,6-7H2,1H3,(H,16,17). The number of thiophene rings is 1. The van der Waals surface area contributed by atoms with E-state index in [1.165, 1.54) is 24.5 Å². The van der Waals surface area contributed by atoms with E-state index >= 15 is 0 Å². The summed E-state index contributed by atoms with van der Waals surface area (Å²) in [5.74, 6) is -0.250. The maximum absolute atomic E-state index is 13.4. The molecule has 0 fully saturated rings. The highest BCUT2D eigenvalue weighted by Crippen LogP contribution is 2.17. The first-order valence-corrected chi connectivity index (χ1v) is 6.73. The van der Waals surface area contributed by atoms with Crippen molar-refractivity contribution in [3.05, 3.63) is 52.0 Å². The van der Waals surface area contributed by atoms with Crippen molar-refractivity contribution < 1.29 is 13.9 Å². The highest BCUT2D eigenvalue weighted by molar-refractivity contribution is 7.12. The Bertz CT molecular complexity index is 555. The molecule has 0 aliphatic carbocycles. The normalized spacial score (nSPS) is 10.2. The van der Waals surface area contributed by atoms with Gasteiger partial charge in [-0.1, -0.05) is 12.1 Å². The molecule has 19 heavy (non-hydrogen) atoms. The molecule has 0 radical (unpaired) electrons. The number of amides is 1. The van der Waals surface area contributed by atoms with Gasteiger partial charge in [0.15, 0.2) is 11.6 Å². The number of ether oxygens (including phenoxy) is 1. The minimum Gasteiger partial charge on any atom is -0.494 e. The van der Waals surface area contributed by atoms with Crippen LogP contribution < -0.4 is 10.1 Å². The summed E-state index contributed by atoms with van der Waals surface area (Å²) in [4.78, 5) is 12.4. The lowest BCUT2D eigenvalue weighted by molar-refractivity contribution is 0.0958. The van der Waals surface area contributed by atoms with E-state index < -0.39 is 0 Å². The van der Waals surface area contributed by atoms with Crippen LogP contribution in [0.4, 0.5) is 4.39 Å². The minimum absolute atomic E-state index is 0.0935. The first-order chi connectivity index (χ1) is 9.20. The van der Waals surface area contributed by atoms with Gasteiger partial charge >= 0.3 is 0 Å². The predicted molar refractivity (Wildman–Crippen MR) is 73.3 cm³/mol. The van der Waals surface area contributed by atoms with Crippen LogP contribution in [0.3, 0.4) is 0 Å². The van der Waals surface area contributed by atoms with Gasteiger partial charge in [0.05, 0.1) is 12.0 Å². The average Bonchev–Trinajstić information content (AvgIpc) is 2.93. The van der Waals surface area contributed by atoms with Crippen molar-refractivity contribution in [1.82, 2.24) is 5.32 Å². The molecule has 5 heteroatoms. The van der Waals surface area contributed by atoms with Gasteiger partial charge in [-0.25, -0.2) is 4.39 Å². The lowest BCUT2D eigenvalue weighted by atomic mass is 10.1. The number of benzene rings is 1. The number of halogens is 1. The zero-order chi connectivity index (χ0) is 13.7. The second-order valence-corrected chi connectivity index (χ2v) is 4.90. The second-order valence-electron chi connectivity index (χ2n) is 3.95. The number of carbonyl (C=O) groups is 1. The van der Waals surface area contributed by atoms with E-state index in [2.05, 4.69) is 5.32 Å². The minimum atomic E-state index is -0.385. The van der Waals surface area contributed by atoms with Gasteiger partial charge in [0, 0.05) is 6.54 Å². The van der Waals surface area contributed by atoms with Crippen molar-refractivity contribution >= 4 is 17.2 Å². The molecule has 2 rings (SSSR count). The molecule has 1 aromatic carbocycles. The summed E-state index contributed by atoms with van der Waals surface area (Å²) >= 11 is 1.40. The number of rotatable bonds is 5. The van der Waals surface area contributed by atoms with Crippen molar-refractivity contribution in [2.75, 3.05) is 13.7 Å². The van der Waals surface area contributed by atoms with Crippen LogP contribution in [0.25, 0.3) is 0 Å². The van der Waals surface area contributed by atoms with Crippen LogP contribution in [0, 0.1) is 5.82 Å². The van der Waals surface area contributed by atoms with Crippen LogP contribution in [-0.4, -0.2) is 19.6 Å². The third kappa shape index (κ3) is 3.54. The van der Waals surface area contributed by atoms with Gasteiger partial charge in [-0.05, 0) is 35.6 Å². The summed E-state index contributed by atoms with van der Waals surface area (Å²) in [6, 6.07) is 8.41. The Morgan fingerprint density at radius 3 is 2.89 bits per heavy atom. The fraction of sp³-hybridized carbons (Fsp3) is 0.214. The molecule has 0 unspecified atom stereocenters. The van der Waals surface area contributed by atoms with E-state index in [1.807, 2.05) is 11.4 Å². The molecule has 1 aromatic heterocycles. The molecule has 0 spiro atoms. The van der Waals surface area contributed by atoms with E-state index in [0.29, 0.717) is 17.8 Å². The number of carbonyl (C=O) groups excluding carboxylic acids is 1. The van der Waals surface area contributed by atoms with Crippen molar-refractivity contribution in [1.29, 1.82) is 0 Å². The summed E-state index contributed by atoms with van der Waals surface area (Å²) in [6.45, 7) is 0.475. The topological polar surface area (TPSA) is 38.3 Å². The van der Waals surface area contributed by atoms with Gasteiger partial charge in [0.2, 0.25) is 0 Å². The van der Waals surface area contributed by atoms with E-state index in [4.69, 9.17) is 4.74 Å². The Kier molecular flexibility index (Phi) is 4.52. The molecule has 1 heterocycles. The summed E-state index contributed by atoms with van der Waals surface area (Å²) in [7, 11) is 1.43. The Labute approximate surface area is 115 Å². The maximum atomic E-state index is 13.4. The van der Waals surface area contributed by atoms with Crippen LogP contribution in [-0.2, 0) is 6.42 Å². The molecule has 3 nitrogen and oxygen atoms in total. The summed E-state index contributed by atoms with van der Waals surface area (Å²) in [6.07, 6.45) is 0.581. The maximum Gasteiger partial charge on any atom is 0.261 e. The molecule has 1 amide bonds. The summed E-state index contributed by atoms with van der Waals surface area (Å²) in [5, 5.41) is 4.65. The van der Waals surface area contributed by atoms with Gasteiger partial charge in [-0.15, -0.1) is 11.3 Å². The van der Waals surface area contributed by atoms with Gasteiger partial charge in [-0.3, -0.25) is 4.79 Å². The highest BCUT2D eigenvalue weighted by atomic mass is 32.1. The van der Waals surface area contributed by atoms with Crippen LogP contribution in [0.15, 0.2) is 35.7 Å². The van der Waals surface area contributed by atoms with E-state index in [-0.39, 0.29) is 17.5 Å². The summed E-state index contributed by atoms with van der Waals surface area (Å²) < 4.78 is 18.3. The molecule has 0 bridgehead atoms. The van der Waals surface area contributed by atoms with Crippen LogP contribution in [0.2, 0.25) is 0 Å². The molecule has 0 aliphatic heterocycles. The van der Waals surface area contributed by atoms with Gasteiger partial charge in [-0.2, -0.15) is 0 Å². The monoisotopic (exact) mass is 279 g/mol. The SMILES string of the molecule is COc1ccc(CCNC(=O)c2cccs2)cc1F. The Hall–Kier alpha value is -1.88. The van der Waals surface area contributed by atoms with Gasteiger partial charge in [0.25, 0.3) is 5.91 Å². The van der Waals surface area contributed by atoms with Crippen molar-refractivity contribution in [2.45, 2.75) is 6.42 Å². The molecule has 0 aliphatic rings. The van der Waals surface area contributed by atoms with Crippen molar-refractivity contribution in [3.63, 3.8) is 0 Å². The first kappa shape index (κ1) is 13.5. The van der Waals surface area contributed by atoms with E-state index in [0.717, 1.165) is 5.56 Å². The molecule has 1 N–H and O–H groups in total. The molecular weight excluding hydrogens is 265 g/mol. The third-order valence-corrected chi connectivity index (χ3v) is 3.53. The number of hydrogen-bond acceptors (Lipinski definition) is 3. The fourth-order valence-electron chi connectivity index (χ4n) is 1.68. The fourth-order valence-corrected chi connectivity index (χ4v) is 2.32. The van der Waals surface area contributed by atoms with Crippen molar-refractivity contribution in [2.24, 2.45) is 0 Å². The van der Waals surface area contributed by atoms with Gasteiger partial charge < -0.3 is 10.1 Å². The smallest absolute Gasteiger partial charge is 0.261 e. The largest absolute Gasteiger partial charge is 0.494 e. The zero-order valence-corrected chi connectivity index (χ0v) is 11.3. The lowest BCUT2D eigenvalue weighted by Gasteiger charge is -2.06. The lowest BCUT2D eigenvalue weighted by Crippen LogP contribution is -2.24. The predicted octanol–water partition coefficient (Wildman–Crippen LogP) is 2.87. The van der Waals surface area contributed by atoms with E-state index in [9.17, 15) is 9.18 Å². The van der Waals surface area contributed by atoms with Crippen LogP contribution in [0.1, 0.15) is 15.2 Å². The number of methoxy groups -OCH3 is 1. The molecule has 0 saturated carbocycles. The Balaban J connectivity index is 1.86. The number of hydrogen-bond donors (Lipinski definition) is 1. The van der Waals surface area contributed by atoms with E-state index in [1.54, 1.807) is 18.2 Å².